The average Bonchev–Trinajstić information content (AvgIpc) is 3.33. The first-order valence-electron chi connectivity index (χ1n) is 12.4. The monoisotopic (exact) mass is 517 g/mol. The summed E-state index contributed by atoms with van der Waals surface area (Å²) in [7, 11) is -3.83. The Morgan fingerprint density at radius 3 is 2.30 bits per heavy atom. The molecular formula is C29H31N3O4S. The molecule has 1 saturated heterocycles. The van der Waals surface area contributed by atoms with Gasteiger partial charge in [0.25, 0.3) is 0 Å². The molecule has 2 heterocycles. The third-order valence-electron chi connectivity index (χ3n) is 6.55. The molecular weight excluding hydrogens is 486 g/mol. The summed E-state index contributed by atoms with van der Waals surface area (Å²) in [5, 5.41) is 4.45. The first-order chi connectivity index (χ1) is 17.9. The second kappa shape index (κ2) is 10.9. The maximum Gasteiger partial charge on any atom is 0.243 e. The zero-order valence-corrected chi connectivity index (χ0v) is 21.9. The van der Waals surface area contributed by atoms with Crippen molar-refractivity contribution < 1.29 is 17.7 Å². The Balaban J connectivity index is 1.61. The van der Waals surface area contributed by atoms with Gasteiger partial charge in [-0.2, -0.15) is 4.31 Å². The van der Waals surface area contributed by atoms with Crippen LogP contribution in [-0.4, -0.2) is 44.2 Å². The number of sulfonamides is 1. The number of rotatable bonds is 8. The van der Waals surface area contributed by atoms with Crippen LogP contribution < -0.4 is 4.90 Å². The van der Waals surface area contributed by atoms with Gasteiger partial charge in [0.2, 0.25) is 15.9 Å². The number of aromatic nitrogens is 1. The Kier molecular flexibility index (Phi) is 7.41. The SMILES string of the molecule is Cc1ccc(S(=O)(=O)N(Cc2ccccc2)Cc2c(-c3cccc(C)c3)noc2N2CCOCC2)cc1. The fourth-order valence-electron chi connectivity index (χ4n) is 4.53. The lowest BCUT2D eigenvalue weighted by molar-refractivity contribution is 0.120. The fourth-order valence-corrected chi connectivity index (χ4v) is 5.92. The summed E-state index contributed by atoms with van der Waals surface area (Å²) in [6.45, 7) is 6.76. The highest BCUT2D eigenvalue weighted by Crippen LogP contribution is 2.35. The highest BCUT2D eigenvalue weighted by molar-refractivity contribution is 7.89. The van der Waals surface area contributed by atoms with Crippen molar-refractivity contribution in [3.63, 3.8) is 0 Å². The molecule has 0 amide bonds. The predicted molar refractivity (Wildman–Crippen MR) is 144 cm³/mol. The van der Waals surface area contributed by atoms with Gasteiger partial charge in [-0.1, -0.05) is 76.9 Å². The van der Waals surface area contributed by atoms with Gasteiger partial charge in [0.15, 0.2) is 0 Å². The summed E-state index contributed by atoms with van der Waals surface area (Å²) < 4.78 is 41.0. The fraction of sp³-hybridized carbons (Fsp3) is 0.276. The Labute approximate surface area is 218 Å². The zero-order chi connectivity index (χ0) is 25.8. The van der Waals surface area contributed by atoms with E-state index in [0.29, 0.717) is 37.9 Å². The van der Waals surface area contributed by atoms with Gasteiger partial charge >= 0.3 is 0 Å². The van der Waals surface area contributed by atoms with Gasteiger partial charge in [-0.05, 0) is 37.6 Å². The summed E-state index contributed by atoms with van der Waals surface area (Å²) in [4.78, 5) is 2.35. The molecule has 0 radical (unpaired) electrons. The molecule has 0 aliphatic carbocycles. The molecule has 5 rings (SSSR count). The minimum Gasteiger partial charge on any atom is -0.378 e. The molecule has 1 aromatic heterocycles. The molecule has 0 N–H and O–H groups in total. The molecule has 192 valence electrons. The number of morpholine rings is 1. The first-order valence-corrected chi connectivity index (χ1v) is 13.8. The van der Waals surface area contributed by atoms with Crippen molar-refractivity contribution in [1.29, 1.82) is 0 Å². The quantitative estimate of drug-likeness (QED) is 0.320. The van der Waals surface area contributed by atoms with E-state index in [-0.39, 0.29) is 18.0 Å². The number of ether oxygens (including phenoxy) is 1. The van der Waals surface area contributed by atoms with Crippen LogP contribution in [0.25, 0.3) is 11.3 Å². The second-order valence-electron chi connectivity index (χ2n) is 9.36. The third-order valence-corrected chi connectivity index (χ3v) is 8.36. The van der Waals surface area contributed by atoms with Gasteiger partial charge in [0.05, 0.1) is 23.7 Å². The van der Waals surface area contributed by atoms with Crippen molar-refractivity contribution in [1.82, 2.24) is 9.46 Å². The first kappa shape index (κ1) is 25.2. The number of hydrogen-bond donors (Lipinski definition) is 0. The summed E-state index contributed by atoms with van der Waals surface area (Å²) in [6.07, 6.45) is 0. The Morgan fingerprint density at radius 1 is 0.865 bits per heavy atom. The molecule has 7 nitrogen and oxygen atoms in total. The molecule has 0 bridgehead atoms. The molecule has 8 heteroatoms. The Hall–Kier alpha value is -3.46. The van der Waals surface area contributed by atoms with Crippen LogP contribution in [0.3, 0.4) is 0 Å². The maximum atomic E-state index is 14.0. The van der Waals surface area contributed by atoms with Gasteiger partial charge in [-0.15, -0.1) is 0 Å². The smallest absolute Gasteiger partial charge is 0.243 e. The molecule has 0 unspecified atom stereocenters. The summed E-state index contributed by atoms with van der Waals surface area (Å²) in [5.74, 6) is 0.594. The van der Waals surface area contributed by atoms with E-state index in [0.717, 1.165) is 27.8 Å². The minimum absolute atomic E-state index is 0.116. The molecule has 0 saturated carbocycles. The normalized spacial score (nSPS) is 14.3. The van der Waals surface area contributed by atoms with Crippen LogP contribution in [-0.2, 0) is 27.8 Å². The summed E-state index contributed by atoms with van der Waals surface area (Å²) >= 11 is 0. The van der Waals surface area contributed by atoms with Crippen LogP contribution in [0.4, 0.5) is 5.88 Å². The highest BCUT2D eigenvalue weighted by Gasteiger charge is 2.31. The molecule has 37 heavy (non-hydrogen) atoms. The number of benzene rings is 3. The predicted octanol–water partition coefficient (Wildman–Crippen LogP) is 5.19. The summed E-state index contributed by atoms with van der Waals surface area (Å²) in [5.41, 5.74) is 5.29. The number of anilines is 1. The number of nitrogens with zero attached hydrogens (tertiary/aromatic N) is 3. The van der Waals surface area contributed by atoms with Crippen LogP contribution in [0, 0.1) is 13.8 Å². The lowest BCUT2D eigenvalue weighted by Gasteiger charge is -2.28. The van der Waals surface area contributed by atoms with E-state index in [1.165, 1.54) is 4.31 Å². The van der Waals surface area contributed by atoms with Crippen LogP contribution in [0.15, 0.2) is 88.3 Å². The molecule has 4 aromatic rings. The van der Waals surface area contributed by atoms with Crippen molar-refractivity contribution >= 4 is 15.9 Å². The van der Waals surface area contributed by atoms with Crippen molar-refractivity contribution in [3.8, 4) is 11.3 Å². The van der Waals surface area contributed by atoms with Crippen LogP contribution >= 0.6 is 0 Å². The van der Waals surface area contributed by atoms with E-state index in [9.17, 15) is 8.42 Å². The van der Waals surface area contributed by atoms with Crippen LogP contribution in [0.2, 0.25) is 0 Å². The Bertz CT molecular complexity index is 1440. The van der Waals surface area contributed by atoms with E-state index in [1.54, 1.807) is 12.1 Å². The second-order valence-corrected chi connectivity index (χ2v) is 11.3. The molecule has 1 aliphatic rings. The van der Waals surface area contributed by atoms with E-state index >= 15 is 0 Å². The topological polar surface area (TPSA) is 75.9 Å². The molecule has 1 fully saturated rings. The van der Waals surface area contributed by atoms with E-state index in [2.05, 4.69) is 10.1 Å². The van der Waals surface area contributed by atoms with E-state index in [1.807, 2.05) is 80.6 Å². The van der Waals surface area contributed by atoms with Gasteiger partial charge in [-0.25, -0.2) is 8.42 Å². The van der Waals surface area contributed by atoms with E-state index in [4.69, 9.17) is 9.26 Å². The minimum atomic E-state index is -3.83. The highest BCUT2D eigenvalue weighted by atomic mass is 32.2. The summed E-state index contributed by atoms with van der Waals surface area (Å²) in [6, 6.07) is 24.6. The van der Waals surface area contributed by atoms with E-state index < -0.39 is 10.0 Å². The lowest BCUT2D eigenvalue weighted by atomic mass is 10.0. The van der Waals surface area contributed by atoms with Crippen molar-refractivity contribution in [2.24, 2.45) is 0 Å². The van der Waals surface area contributed by atoms with Crippen molar-refractivity contribution in [2.75, 3.05) is 31.2 Å². The van der Waals surface area contributed by atoms with Crippen LogP contribution in [0.1, 0.15) is 22.3 Å². The third kappa shape index (κ3) is 5.61. The lowest BCUT2D eigenvalue weighted by Crippen LogP contribution is -2.37. The van der Waals surface area contributed by atoms with Gasteiger partial charge in [-0.3, -0.25) is 0 Å². The molecule has 3 aromatic carbocycles. The number of hydrogen-bond acceptors (Lipinski definition) is 6. The number of aryl methyl sites for hydroxylation is 2. The van der Waals surface area contributed by atoms with Crippen molar-refractivity contribution in [2.45, 2.75) is 31.8 Å². The average molecular weight is 518 g/mol. The van der Waals surface area contributed by atoms with Gasteiger partial charge in [0.1, 0.15) is 5.69 Å². The van der Waals surface area contributed by atoms with Crippen molar-refractivity contribution in [3.05, 3.63) is 101 Å². The molecule has 0 spiro atoms. The van der Waals surface area contributed by atoms with Gasteiger partial charge in [0, 0.05) is 31.7 Å². The molecule has 0 atom stereocenters. The van der Waals surface area contributed by atoms with Crippen LogP contribution in [0.5, 0.6) is 0 Å². The van der Waals surface area contributed by atoms with Gasteiger partial charge < -0.3 is 14.2 Å². The molecule has 1 aliphatic heterocycles. The largest absolute Gasteiger partial charge is 0.378 e. The zero-order valence-electron chi connectivity index (χ0n) is 21.1. The standard InChI is InChI=1S/C29H31N3O4S/c1-22-11-13-26(14-12-22)37(33,34)32(20-24-8-4-3-5-9-24)21-27-28(25-10-6-7-23(2)19-25)30-36-29(27)31-15-17-35-18-16-31/h3-14,19H,15-18,20-21H2,1-2H3. The maximum absolute atomic E-state index is 14.0. The Morgan fingerprint density at radius 2 is 1.59 bits per heavy atom.